The summed E-state index contributed by atoms with van der Waals surface area (Å²) in [5.74, 6) is -0.0569. The van der Waals surface area contributed by atoms with E-state index in [1.54, 1.807) is 0 Å². The van der Waals surface area contributed by atoms with Gasteiger partial charge in [0.15, 0.2) is 11.5 Å². The average molecular weight is 296 g/mol. The Hall–Kier alpha value is -1.14. The first kappa shape index (κ1) is 14.3. The number of hydrogen-bond donors (Lipinski definition) is 2. The number of nitrogens with one attached hydrogen (secondary N) is 1. The molecule has 2 N–H and O–H groups in total. The Labute approximate surface area is 113 Å². The molecule has 0 bridgehead atoms. The van der Waals surface area contributed by atoms with Gasteiger partial charge in [0.2, 0.25) is 0 Å². The Morgan fingerprint density at radius 1 is 1.42 bits per heavy atom. The van der Waals surface area contributed by atoms with E-state index in [-0.39, 0.29) is 36.4 Å². The minimum absolute atomic E-state index is 0.0506. The molecule has 0 amide bonds. The van der Waals surface area contributed by atoms with E-state index in [1.807, 2.05) is 0 Å². The monoisotopic (exact) mass is 295 g/mol. The van der Waals surface area contributed by atoms with Crippen molar-refractivity contribution >= 4 is 11.6 Å². The van der Waals surface area contributed by atoms with E-state index in [0.29, 0.717) is 5.02 Å². The number of halogens is 4. The second-order valence-corrected chi connectivity index (χ2v) is 4.99. The summed E-state index contributed by atoms with van der Waals surface area (Å²) in [6.45, 7) is -0.123. The molecule has 0 aliphatic heterocycles. The van der Waals surface area contributed by atoms with E-state index in [0.717, 1.165) is 0 Å². The summed E-state index contributed by atoms with van der Waals surface area (Å²) >= 11 is 5.82. The highest BCUT2D eigenvalue weighted by Crippen LogP contribution is 2.49. The van der Waals surface area contributed by atoms with Gasteiger partial charge < -0.3 is 9.84 Å². The molecule has 106 valence electrons. The van der Waals surface area contributed by atoms with Gasteiger partial charge in [0, 0.05) is 23.2 Å². The topological polar surface area (TPSA) is 41.5 Å². The molecule has 0 saturated heterocycles. The predicted octanol–water partition coefficient (Wildman–Crippen LogP) is 3.24. The number of benzene rings is 1. The molecule has 2 rings (SSSR count). The van der Waals surface area contributed by atoms with Crippen molar-refractivity contribution in [2.24, 2.45) is 0 Å². The molecule has 1 aromatic rings. The fourth-order valence-electron chi connectivity index (χ4n) is 1.87. The fourth-order valence-corrected chi connectivity index (χ4v) is 2.10. The van der Waals surface area contributed by atoms with E-state index in [9.17, 15) is 18.3 Å². The molecule has 7 heteroatoms. The molecule has 1 aliphatic carbocycles. The van der Waals surface area contributed by atoms with Gasteiger partial charge in [-0.1, -0.05) is 11.6 Å². The van der Waals surface area contributed by atoms with Crippen LogP contribution in [0.5, 0.6) is 11.5 Å². The van der Waals surface area contributed by atoms with Crippen LogP contribution in [0.1, 0.15) is 18.4 Å². The van der Waals surface area contributed by atoms with Crippen molar-refractivity contribution in [3.8, 4) is 11.5 Å². The summed E-state index contributed by atoms with van der Waals surface area (Å²) in [5.41, 5.74) is -1.55. The van der Waals surface area contributed by atoms with Crippen LogP contribution in [0.25, 0.3) is 0 Å². The van der Waals surface area contributed by atoms with E-state index < -0.39 is 11.7 Å². The number of phenolic OH excluding ortho intramolecular Hbond substituents is 1. The Balaban J connectivity index is 2.15. The van der Waals surface area contributed by atoms with Crippen LogP contribution in [0.3, 0.4) is 0 Å². The normalized spacial score (nSPS) is 17.3. The van der Waals surface area contributed by atoms with Crippen molar-refractivity contribution in [2.45, 2.75) is 31.1 Å². The lowest BCUT2D eigenvalue weighted by Crippen LogP contribution is -2.44. The molecule has 1 fully saturated rings. The van der Waals surface area contributed by atoms with Gasteiger partial charge in [0.1, 0.15) is 5.54 Å². The summed E-state index contributed by atoms with van der Waals surface area (Å²) in [6, 6.07) is 2.82. The molecule has 0 aromatic heterocycles. The lowest BCUT2D eigenvalue weighted by Gasteiger charge is -2.21. The predicted molar refractivity (Wildman–Crippen MR) is 64.5 cm³/mol. The molecular weight excluding hydrogens is 283 g/mol. The Morgan fingerprint density at radius 3 is 2.53 bits per heavy atom. The van der Waals surface area contributed by atoms with Crippen molar-refractivity contribution in [2.75, 3.05) is 7.11 Å². The molecule has 0 spiro atoms. The van der Waals surface area contributed by atoms with Crippen LogP contribution >= 0.6 is 11.6 Å². The lowest BCUT2D eigenvalue weighted by molar-refractivity contribution is -0.166. The third-order valence-corrected chi connectivity index (χ3v) is 3.47. The highest BCUT2D eigenvalue weighted by molar-refractivity contribution is 6.30. The van der Waals surface area contributed by atoms with Crippen LogP contribution in [0, 0.1) is 0 Å². The molecular formula is C12H13ClF3NO2. The zero-order valence-corrected chi connectivity index (χ0v) is 10.9. The summed E-state index contributed by atoms with van der Waals surface area (Å²) in [7, 11) is 1.35. The molecule has 1 aromatic carbocycles. The molecule has 0 heterocycles. The maximum absolute atomic E-state index is 12.7. The molecule has 1 saturated carbocycles. The third-order valence-electron chi connectivity index (χ3n) is 3.25. The van der Waals surface area contributed by atoms with E-state index >= 15 is 0 Å². The van der Waals surface area contributed by atoms with Crippen LogP contribution < -0.4 is 10.1 Å². The molecule has 0 radical (unpaired) electrons. The van der Waals surface area contributed by atoms with Crippen LogP contribution in [0.2, 0.25) is 5.02 Å². The van der Waals surface area contributed by atoms with Crippen molar-refractivity contribution in [3.63, 3.8) is 0 Å². The quantitative estimate of drug-likeness (QED) is 0.896. The first-order chi connectivity index (χ1) is 8.79. The number of ether oxygens (including phenoxy) is 1. The molecule has 19 heavy (non-hydrogen) atoms. The Kier molecular flexibility index (Phi) is 3.57. The van der Waals surface area contributed by atoms with Gasteiger partial charge in [-0.25, -0.2) is 0 Å². The number of alkyl halides is 3. The highest BCUT2D eigenvalue weighted by Gasteiger charge is 2.62. The van der Waals surface area contributed by atoms with Crippen LogP contribution in [0.15, 0.2) is 12.1 Å². The first-order valence-electron chi connectivity index (χ1n) is 5.66. The number of methoxy groups -OCH3 is 1. The highest BCUT2D eigenvalue weighted by atomic mass is 35.5. The zero-order chi connectivity index (χ0) is 14.3. The Bertz CT molecular complexity index is 487. The Morgan fingerprint density at radius 2 is 2.05 bits per heavy atom. The van der Waals surface area contributed by atoms with Crippen molar-refractivity contribution in [3.05, 3.63) is 22.7 Å². The van der Waals surface area contributed by atoms with E-state index in [1.165, 1.54) is 19.2 Å². The second-order valence-electron chi connectivity index (χ2n) is 4.55. The van der Waals surface area contributed by atoms with Gasteiger partial charge in [-0.15, -0.1) is 0 Å². The van der Waals surface area contributed by atoms with Gasteiger partial charge in [0.25, 0.3) is 0 Å². The van der Waals surface area contributed by atoms with E-state index in [4.69, 9.17) is 16.3 Å². The fraction of sp³-hybridized carbons (Fsp3) is 0.500. The maximum atomic E-state index is 12.7. The SMILES string of the molecule is COc1cc(Cl)cc(CNC2(C(F)(F)F)CC2)c1O. The summed E-state index contributed by atoms with van der Waals surface area (Å²) in [5, 5.41) is 12.6. The van der Waals surface area contributed by atoms with Gasteiger partial charge in [0.05, 0.1) is 7.11 Å². The zero-order valence-electron chi connectivity index (χ0n) is 10.1. The van der Waals surface area contributed by atoms with Crippen molar-refractivity contribution in [1.29, 1.82) is 0 Å². The van der Waals surface area contributed by atoms with Gasteiger partial charge in [-0.2, -0.15) is 13.2 Å². The molecule has 0 unspecified atom stereocenters. The summed E-state index contributed by atoms with van der Waals surface area (Å²) in [6.07, 6.45) is -4.19. The smallest absolute Gasteiger partial charge is 0.406 e. The lowest BCUT2D eigenvalue weighted by atomic mass is 10.1. The van der Waals surface area contributed by atoms with Crippen molar-refractivity contribution in [1.82, 2.24) is 5.32 Å². The number of aromatic hydroxyl groups is 1. The van der Waals surface area contributed by atoms with Gasteiger partial charge >= 0.3 is 6.18 Å². The number of hydrogen-bond acceptors (Lipinski definition) is 3. The largest absolute Gasteiger partial charge is 0.504 e. The standard InChI is InChI=1S/C12H13ClF3NO2/c1-19-9-5-8(13)4-7(10(9)18)6-17-11(2-3-11)12(14,15)16/h4-5,17-18H,2-3,6H2,1H3. The maximum Gasteiger partial charge on any atom is 0.406 e. The third kappa shape index (κ3) is 2.74. The van der Waals surface area contributed by atoms with E-state index in [2.05, 4.69) is 5.32 Å². The van der Waals surface area contributed by atoms with Crippen LogP contribution in [-0.2, 0) is 6.54 Å². The average Bonchev–Trinajstić information content (AvgIpc) is 3.10. The minimum Gasteiger partial charge on any atom is -0.504 e. The van der Waals surface area contributed by atoms with Crippen LogP contribution in [0.4, 0.5) is 13.2 Å². The molecule has 1 aliphatic rings. The minimum atomic E-state index is -4.29. The first-order valence-corrected chi connectivity index (χ1v) is 6.04. The van der Waals surface area contributed by atoms with Crippen LogP contribution in [-0.4, -0.2) is 23.9 Å². The molecule has 3 nitrogen and oxygen atoms in total. The summed E-state index contributed by atoms with van der Waals surface area (Å²) in [4.78, 5) is 0. The van der Waals surface area contributed by atoms with Gasteiger partial charge in [-0.05, 0) is 18.9 Å². The van der Waals surface area contributed by atoms with Crippen molar-refractivity contribution < 1.29 is 23.0 Å². The second kappa shape index (κ2) is 4.76. The van der Waals surface area contributed by atoms with Gasteiger partial charge in [-0.3, -0.25) is 5.32 Å². The number of rotatable bonds is 4. The summed E-state index contributed by atoms with van der Waals surface area (Å²) < 4.78 is 43.1. The molecule has 0 atom stereocenters. The number of phenols is 1.